The van der Waals surface area contributed by atoms with Gasteiger partial charge in [-0.25, -0.2) is 4.68 Å². The molecule has 0 aliphatic carbocycles. The first-order valence-electron chi connectivity index (χ1n) is 9.36. The van der Waals surface area contributed by atoms with Gasteiger partial charge in [0, 0.05) is 17.1 Å². The molecule has 7 heteroatoms. The second-order valence-corrected chi connectivity index (χ2v) is 7.86. The Morgan fingerprint density at radius 2 is 1.93 bits per heavy atom. The molecule has 1 N–H and O–H groups in total. The van der Waals surface area contributed by atoms with Gasteiger partial charge in [-0.15, -0.1) is 0 Å². The van der Waals surface area contributed by atoms with Crippen LogP contribution in [0.25, 0.3) is 5.69 Å². The van der Waals surface area contributed by atoms with Crippen molar-refractivity contribution in [1.29, 1.82) is 0 Å². The molecule has 0 saturated heterocycles. The SMILES string of the molecule is COc1ccc(CC(=O)Nc2c3c(nn2-c2ccccc2C)CSC3)cc1OC. The number of methoxy groups -OCH3 is 2. The summed E-state index contributed by atoms with van der Waals surface area (Å²) in [5.74, 6) is 3.65. The number of carbonyl (C=O) groups is 1. The molecule has 1 aliphatic heterocycles. The number of hydrogen-bond donors (Lipinski definition) is 1. The van der Waals surface area contributed by atoms with Gasteiger partial charge >= 0.3 is 0 Å². The van der Waals surface area contributed by atoms with Gasteiger partial charge in [0.2, 0.25) is 5.91 Å². The van der Waals surface area contributed by atoms with Gasteiger partial charge in [-0.05, 0) is 36.2 Å². The molecule has 2 heterocycles. The molecule has 150 valence electrons. The first-order chi connectivity index (χ1) is 14.1. The standard InChI is InChI=1S/C22H23N3O3S/c1-14-6-4-5-7-18(14)25-22(16-12-29-13-17(16)24-25)23-21(26)11-15-8-9-19(27-2)20(10-15)28-3/h4-10H,11-13H2,1-3H3,(H,23,26). The highest BCUT2D eigenvalue weighted by Crippen LogP contribution is 2.36. The number of nitrogens with one attached hydrogen (secondary N) is 1. The van der Waals surface area contributed by atoms with Gasteiger partial charge in [-0.2, -0.15) is 16.9 Å². The van der Waals surface area contributed by atoms with Gasteiger partial charge in [0.25, 0.3) is 0 Å². The third-order valence-electron chi connectivity index (χ3n) is 4.97. The number of hydrogen-bond acceptors (Lipinski definition) is 5. The summed E-state index contributed by atoms with van der Waals surface area (Å²) >= 11 is 1.81. The van der Waals surface area contributed by atoms with Crippen molar-refractivity contribution in [3.63, 3.8) is 0 Å². The molecule has 0 atom stereocenters. The summed E-state index contributed by atoms with van der Waals surface area (Å²) in [6, 6.07) is 13.6. The molecular formula is C22H23N3O3S. The average Bonchev–Trinajstić information content (AvgIpc) is 3.31. The minimum Gasteiger partial charge on any atom is -0.493 e. The quantitative estimate of drug-likeness (QED) is 0.663. The summed E-state index contributed by atoms with van der Waals surface area (Å²) in [5, 5.41) is 7.88. The van der Waals surface area contributed by atoms with Crippen LogP contribution in [0.3, 0.4) is 0 Å². The van der Waals surface area contributed by atoms with E-state index in [1.54, 1.807) is 14.2 Å². The van der Waals surface area contributed by atoms with E-state index in [2.05, 4.69) is 5.32 Å². The number of amides is 1. The fourth-order valence-corrected chi connectivity index (χ4v) is 4.50. The summed E-state index contributed by atoms with van der Waals surface area (Å²) in [5.41, 5.74) is 5.09. The van der Waals surface area contributed by atoms with Crippen LogP contribution in [0.4, 0.5) is 5.82 Å². The monoisotopic (exact) mass is 409 g/mol. The maximum Gasteiger partial charge on any atom is 0.229 e. The zero-order chi connectivity index (χ0) is 20.4. The zero-order valence-electron chi connectivity index (χ0n) is 16.7. The summed E-state index contributed by atoms with van der Waals surface area (Å²) in [6.45, 7) is 2.05. The number of anilines is 1. The molecular weight excluding hydrogens is 386 g/mol. The molecule has 2 aromatic carbocycles. The van der Waals surface area contributed by atoms with E-state index in [-0.39, 0.29) is 12.3 Å². The van der Waals surface area contributed by atoms with Crippen molar-refractivity contribution < 1.29 is 14.3 Å². The van der Waals surface area contributed by atoms with Crippen LogP contribution >= 0.6 is 11.8 Å². The van der Waals surface area contributed by atoms with E-state index in [1.165, 1.54) is 0 Å². The largest absolute Gasteiger partial charge is 0.493 e. The second kappa shape index (κ2) is 8.21. The van der Waals surface area contributed by atoms with Crippen LogP contribution in [-0.2, 0) is 22.7 Å². The Bertz CT molecular complexity index is 1060. The van der Waals surface area contributed by atoms with Crippen LogP contribution in [0.15, 0.2) is 42.5 Å². The normalized spacial score (nSPS) is 12.5. The van der Waals surface area contributed by atoms with Gasteiger partial charge in [0.1, 0.15) is 5.82 Å². The molecule has 0 bridgehead atoms. The lowest BCUT2D eigenvalue weighted by Gasteiger charge is -2.13. The highest BCUT2D eigenvalue weighted by Gasteiger charge is 2.25. The number of carbonyl (C=O) groups excluding carboxylic acids is 1. The van der Waals surface area contributed by atoms with Crippen molar-refractivity contribution in [2.75, 3.05) is 19.5 Å². The van der Waals surface area contributed by atoms with E-state index in [4.69, 9.17) is 14.6 Å². The molecule has 1 aliphatic rings. The lowest BCUT2D eigenvalue weighted by Crippen LogP contribution is -2.18. The summed E-state index contributed by atoms with van der Waals surface area (Å²) in [7, 11) is 3.18. The molecule has 0 unspecified atom stereocenters. The summed E-state index contributed by atoms with van der Waals surface area (Å²) in [6.07, 6.45) is 0.237. The minimum absolute atomic E-state index is 0.0911. The van der Waals surface area contributed by atoms with Gasteiger partial charge in [-0.1, -0.05) is 24.3 Å². The third-order valence-corrected chi connectivity index (χ3v) is 5.94. The maximum absolute atomic E-state index is 12.9. The lowest BCUT2D eigenvalue weighted by molar-refractivity contribution is -0.115. The van der Waals surface area contributed by atoms with E-state index in [9.17, 15) is 4.79 Å². The second-order valence-electron chi connectivity index (χ2n) is 6.88. The Balaban J connectivity index is 1.61. The van der Waals surface area contributed by atoms with Crippen molar-refractivity contribution in [3.8, 4) is 17.2 Å². The lowest BCUT2D eigenvalue weighted by atomic mass is 10.1. The molecule has 0 spiro atoms. The van der Waals surface area contributed by atoms with Gasteiger partial charge < -0.3 is 14.8 Å². The van der Waals surface area contributed by atoms with E-state index >= 15 is 0 Å². The number of thioether (sulfide) groups is 1. The van der Waals surface area contributed by atoms with E-state index < -0.39 is 0 Å². The fourth-order valence-electron chi connectivity index (χ4n) is 3.47. The molecule has 0 fully saturated rings. The highest BCUT2D eigenvalue weighted by atomic mass is 32.2. The van der Waals surface area contributed by atoms with Gasteiger partial charge in [-0.3, -0.25) is 4.79 Å². The summed E-state index contributed by atoms with van der Waals surface area (Å²) < 4.78 is 12.5. The molecule has 0 radical (unpaired) electrons. The Hall–Kier alpha value is -2.93. The van der Waals surface area contributed by atoms with Crippen molar-refractivity contribution in [1.82, 2.24) is 9.78 Å². The predicted molar refractivity (Wildman–Crippen MR) is 115 cm³/mol. The predicted octanol–water partition coefficient (Wildman–Crippen LogP) is 4.13. The first-order valence-corrected chi connectivity index (χ1v) is 10.5. The minimum atomic E-state index is -0.0911. The molecule has 3 aromatic rings. The van der Waals surface area contributed by atoms with Crippen molar-refractivity contribution >= 4 is 23.5 Å². The van der Waals surface area contributed by atoms with E-state index in [0.717, 1.165) is 45.4 Å². The molecule has 1 aromatic heterocycles. The number of rotatable bonds is 6. The molecule has 0 saturated carbocycles. The fraction of sp³-hybridized carbons (Fsp3) is 0.273. The topological polar surface area (TPSA) is 65.4 Å². The number of aryl methyl sites for hydroxylation is 1. The van der Waals surface area contributed by atoms with Crippen LogP contribution in [0.1, 0.15) is 22.4 Å². The number of aromatic nitrogens is 2. The number of benzene rings is 2. The van der Waals surface area contributed by atoms with Crippen LogP contribution in [-0.4, -0.2) is 29.9 Å². The number of fused-ring (bicyclic) bond motifs is 1. The molecule has 29 heavy (non-hydrogen) atoms. The molecule has 4 rings (SSSR count). The third kappa shape index (κ3) is 3.82. The number of nitrogens with zero attached hydrogens (tertiary/aromatic N) is 2. The van der Waals surface area contributed by atoms with Gasteiger partial charge in [0.15, 0.2) is 11.5 Å². The Labute approximate surface area is 174 Å². The average molecular weight is 410 g/mol. The Kier molecular flexibility index (Phi) is 5.49. The molecule has 6 nitrogen and oxygen atoms in total. The van der Waals surface area contributed by atoms with Crippen molar-refractivity contribution in [2.24, 2.45) is 0 Å². The highest BCUT2D eigenvalue weighted by molar-refractivity contribution is 7.98. The Morgan fingerprint density at radius 1 is 1.14 bits per heavy atom. The van der Waals surface area contributed by atoms with E-state index in [0.29, 0.717) is 11.5 Å². The first kappa shape index (κ1) is 19.4. The number of para-hydroxylation sites is 1. The molecule has 1 amide bonds. The van der Waals surface area contributed by atoms with Crippen LogP contribution in [0, 0.1) is 6.92 Å². The van der Waals surface area contributed by atoms with Crippen LogP contribution < -0.4 is 14.8 Å². The van der Waals surface area contributed by atoms with Crippen molar-refractivity contribution in [3.05, 3.63) is 64.8 Å². The van der Waals surface area contributed by atoms with Crippen LogP contribution in [0.5, 0.6) is 11.5 Å². The van der Waals surface area contributed by atoms with Gasteiger partial charge in [0.05, 0.1) is 32.0 Å². The summed E-state index contributed by atoms with van der Waals surface area (Å²) in [4.78, 5) is 12.9. The number of ether oxygens (including phenoxy) is 2. The smallest absolute Gasteiger partial charge is 0.229 e. The Morgan fingerprint density at radius 3 is 2.69 bits per heavy atom. The van der Waals surface area contributed by atoms with Crippen LogP contribution in [0.2, 0.25) is 0 Å². The van der Waals surface area contributed by atoms with Crippen molar-refractivity contribution in [2.45, 2.75) is 24.9 Å². The van der Waals surface area contributed by atoms with E-state index in [1.807, 2.05) is 65.8 Å². The maximum atomic E-state index is 12.9. The zero-order valence-corrected chi connectivity index (χ0v) is 17.5.